The molecule has 9 heteroatoms. The van der Waals surface area contributed by atoms with Crippen LogP contribution in [0.4, 0.5) is 19.0 Å². The van der Waals surface area contributed by atoms with Crippen molar-refractivity contribution in [2.45, 2.75) is 18.3 Å². The van der Waals surface area contributed by atoms with Crippen molar-refractivity contribution in [2.24, 2.45) is 0 Å². The first-order chi connectivity index (χ1) is 10.8. The van der Waals surface area contributed by atoms with Gasteiger partial charge in [0.2, 0.25) is 0 Å². The van der Waals surface area contributed by atoms with Gasteiger partial charge in [-0.05, 0) is 25.2 Å². The summed E-state index contributed by atoms with van der Waals surface area (Å²) < 4.78 is 45.0. The van der Waals surface area contributed by atoms with Crippen LogP contribution >= 0.6 is 0 Å². The van der Waals surface area contributed by atoms with E-state index >= 15 is 0 Å². The Morgan fingerprint density at radius 3 is 2.70 bits per heavy atom. The van der Waals surface area contributed by atoms with Crippen LogP contribution in [0.2, 0.25) is 0 Å². The van der Waals surface area contributed by atoms with Crippen LogP contribution in [0.3, 0.4) is 0 Å². The molecular formula is C14H15F3N4O2. The van der Waals surface area contributed by atoms with Crippen LogP contribution in [0.15, 0.2) is 28.9 Å². The predicted octanol–water partition coefficient (Wildman–Crippen LogP) is 1.84. The highest BCUT2D eigenvalue weighted by molar-refractivity contribution is 5.57. The highest BCUT2D eigenvalue weighted by Crippen LogP contribution is 2.36. The molecule has 1 saturated heterocycles. The summed E-state index contributed by atoms with van der Waals surface area (Å²) in [5.74, 6) is -0.192. The number of hydrogen-bond donors (Lipinski definition) is 2. The first-order valence-electron chi connectivity index (χ1n) is 6.96. The van der Waals surface area contributed by atoms with Gasteiger partial charge in [0.05, 0.1) is 18.4 Å². The number of aliphatic hydroxyl groups excluding tert-OH is 1. The number of rotatable bonds is 3. The maximum absolute atomic E-state index is 13.3. The first kappa shape index (κ1) is 15.8. The molecular weight excluding hydrogens is 313 g/mol. The lowest BCUT2D eigenvalue weighted by molar-refractivity contribution is -0.137. The van der Waals surface area contributed by atoms with Gasteiger partial charge in [0, 0.05) is 13.1 Å². The predicted molar refractivity (Wildman–Crippen MR) is 75.7 cm³/mol. The number of β-amino-alcohol motifs (C(OH)–C–C–N with tert-alkyl or cyclic N) is 1. The van der Waals surface area contributed by atoms with Crippen molar-refractivity contribution in [1.82, 2.24) is 15.1 Å². The summed E-state index contributed by atoms with van der Waals surface area (Å²) in [6.07, 6.45) is -4.02. The molecule has 0 saturated carbocycles. The van der Waals surface area contributed by atoms with Gasteiger partial charge in [-0.1, -0.05) is 0 Å². The fraction of sp³-hybridized carbons (Fsp3) is 0.429. The van der Waals surface area contributed by atoms with E-state index in [9.17, 15) is 18.3 Å². The Balaban J connectivity index is 1.93. The van der Waals surface area contributed by atoms with E-state index in [1.807, 2.05) is 4.90 Å². The molecule has 1 fully saturated rings. The fourth-order valence-corrected chi connectivity index (χ4v) is 2.56. The number of likely N-dealkylation sites (N-methyl/N-ethyl adjacent to an activating group) is 1. The largest absolute Gasteiger partial charge is 0.463 e. The first-order valence-corrected chi connectivity index (χ1v) is 6.96. The van der Waals surface area contributed by atoms with Gasteiger partial charge >= 0.3 is 6.18 Å². The van der Waals surface area contributed by atoms with Crippen LogP contribution in [0.1, 0.15) is 5.56 Å². The Kier molecular flexibility index (Phi) is 3.99. The van der Waals surface area contributed by atoms with Gasteiger partial charge in [0.25, 0.3) is 0 Å². The molecule has 2 N–H and O–H groups in total. The lowest BCUT2D eigenvalue weighted by atomic mass is 10.1. The molecule has 0 amide bonds. The molecule has 2 aromatic rings. The van der Waals surface area contributed by atoms with Gasteiger partial charge < -0.3 is 19.7 Å². The molecule has 23 heavy (non-hydrogen) atoms. The van der Waals surface area contributed by atoms with Crippen molar-refractivity contribution >= 4 is 5.82 Å². The van der Waals surface area contributed by atoms with E-state index in [2.05, 4.69) is 15.5 Å². The Bertz CT molecular complexity index is 675. The molecule has 1 aliphatic heterocycles. The molecule has 0 bridgehead atoms. The van der Waals surface area contributed by atoms with Crippen molar-refractivity contribution < 1.29 is 22.7 Å². The number of hydrogen-bond acceptors (Lipinski definition) is 6. The molecule has 2 atom stereocenters. The van der Waals surface area contributed by atoms with Crippen LogP contribution in [-0.2, 0) is 6.18 Å². The van der Waals surface area contributed by atoms with E-state index in [1.54, 1.807) is 13.1 Å². The summed E-state index contributed by atoms with van der Waals surface area (Å²) in [6, 6.07) is 3.41. The summed E-state index contributed by atoms with van der Waals surface area (Å²) in [4.78, 5) is 1.82. The Labute approximate surface area is 129 Å². The minimum atomic E-state index is -4.60. The average molecular weight is 328 g/mol. The zero-order valence-corrected chi connectivity index (χ0v) is 12.2. The number of nitrogens with one attached hydrogen (secondary N) is 1. The van der Waals surface area contributed by atoms with Crippen molar-refractivity contribution in [3.63, 3.8) is 0 Å². The van der Waals surface area contributed by atoms with Crippen LogP contribution < -0.4 is 5.32 Å². The molecule has 2 aromatic heterocycles. The smallest absolute Gasteiger partial charge is 0.420 e. The zero-order chi connectivity index (χ0) is 16.6. The number of aliphatic hydroxyl groups is 1. The number of alkyl halides is 3. The number of furan rings is 1. The third kappa shape index (κ3) is 3.30. The molecule has 3 heterocycles. The van der Waals surface area contributed by atoms with E-state index in [-0.39, 0.29) is 11.5 Å². The quantitative estimate of drug-likeness (QED) is 0.896. The van der Waals surface area contributed by atoms with E-state index in [1.165, 1.54) is 12.3 Å². The third-order valence-electron chi connectivity index (χ3n) is 3.67. The Hall–Kier alpha value is -2.13. The fourth-order valence-electron chi connectivity index (χ4n) is 2.56. The summed E-state index contributed by atoms with van der Waals surface area (Å²) in [5, 5.41) is 20.0. The van der Waals surface area contributed by atoms with E-state index in [0.717, 1.165) is 6.07 Å². The molecule has 0 radical (unpaired) electrons. The van der Waals surface area contributed by atoms with Gasteiger partial charge in [0.15, 0.2) is 11.6 Å². The number of anilines is 1. The molecule has 6 nitrogen and oxygen atoms in total. The lowest BCUT2D eigenvalue weighted by Crippen LogP contribution is -2.33. The normalized spacial score (nSPS) is 22.5. The van der Waals surface area contributed by atoms with Crippen LogP contribution in [0.25, 0.3) is 11.5 Å². The van der Waals surface area contributed by atoms with Gasteiger partial charge in [-0.25, -0.2) is 0 Å². The van der Waals surface area contributed by atoms with Gasteiger partial charge in [-0.2, -0.15) is 13.2 Å². The SMILES string of the molecule is CN1C[C@@H](O)[C@H](Nc2nnc(-c3ccco3)cc2C(F)(F)F)C1. The molecule has 3 rings (SSSR count). The van der Waals surface area contributed by atoms with Crippen molar-refractivity contribution in [1.29, 1.82) is 0 Å². The average Bonchev–Trinajstić information content (AvgIpc) is 3.09. The highest BCUT2D eigenvalue weighted by Gasteiger charge is 2.38. The number of nitrogens with zero attached hydrogens (tertiary/aromatic N) is 3. The topological polar surface area (TPSA) is 74.4 Å². The Morgan fingerprint density at radius 1 is 1.35 bits per heavy atom. The van der Waals surface area contributed by atoms with Crippen LogP contribution in [0.5, 0.6) is 0 Å². The van der Waals surface area contributed by atoms with E-state index in [4.69, 9.17) is 4.42 Å². The number of halogens is 3. The molecule has 0 aromatic carbocycles. The summed E-state index contributed by atoms with van der Waals surface area (Å²) >= 11 is 0. The molecule has 0 spiro atoms. The maximum Gasteiger partial charge on any atom is 0.420 e. The van der Waals surface area contributed by atoms with Gasteiger partial charge in [-0.15, -0.1) is 10.2 Å². The van der Waals surface area contributed by atoms with Crippen molar-refractivity contribution in [3.05, 3.63) is 30.0 Å². The number of aromatic nitrogens is 2. The van der Waals surface area contributed by atoms with Crippen LogP contribution in [0, 0.1) is 0 Å². The summed E-state index contributed by atoms with van der Waals surface area (Å²) in [6.45, 7) is 0.803. The van der Waals surface area contributed by atoms with Crippen molar-refractivity contribution in [2.75, 3.05) is 25.5 Å². The van der Waals surface area contributed by atoms with E-state index < -0.39 is 29.7 Å². The minimum absolute atomic E-state index is 0.00281. The van der Waals surface area contributed by atoms with Crippen molar-refractivity contribution in [3.8, 4) is 11.5 Å². The molecule has 124 valence electrons. The molecule has 0 aliphatic carbocycles. The van der Waals surface area contributed by atoms with Gasteiger partial charge in [-0.3, -0.25) is 0 Å². The second-order valence-corrected chi connectivity index (χ2v) is 5.51. The standard InChI is InChI=1S/C14H15F3N4O2/c1-21-6-10(11(22)7-21)18-13-8(14(15,16)17)5-9(19-20-13)12-3-2-4-23-12/h2-5,10-11,22H,6-7H2,1H3,(H,18,20)/t10-,11-/m1/s1. The monoisotopic (exact) mass is 328 g/mol. The second kappa shape index (κ2) is 5.82. The maximum atomic E-state index is 13.3. The van der Waals surface area contributed by atoms with Gasteiger partial charge in [0.1, 0.15) is 11.3 Å². The summed E-state index contributed by atoms with van der Waals surface area (Å²) in [5.41, 5.74) is -0.947. The van der Waals surface area contributed by atoms with Crippen LogP contribution in [-0.4, -0.2) is 52.5 Å². The zero-order valence-electron chi connectivity index (χ0n) is 12.2. The minimum Gasteiger partial charge on any atom is -0.463 e. The second-order valence-electron chi connectivity index (χ2n) is 5.51. The third-order valence-corrected chi connectivity index (χ3v) is 3.67. The molecule has 0 unspecified atom stereocenters. The molecule has 1 aliphatic rings. The number of likely N-dealkylation sites (tertiary alicyclic amines) is 1. The highest BCUT2D eigenvalue weighted by atomic mass is 19.4. The Morgan fingerprint density at radius 2 is 2.13 bits per heavy atom. The lowest BCUT2D eigenvalue weighted by Gasteiger charge is -2.19. The summed E-state index contributed by atoms with van der Waals surface area (Å²) in [7, 11) is 1.78. The van der Waals surface area contributed by atoms with E-state index in [0.29, 0.717) is 13.1 Å².